The number of rotatable bonds is 5. The van der Waals surface area contributed by atoms with E-state index in [1.807, 2.05) is 17.8 Å². The molecular weight excluding hydrogens is 256 g/mol. The molecule has 17 heavy (non-hydrogen) atoms. The zero-order chi connectivity index (χ0) is 12.8. The highest BCUT2D eigenvalue weighted by Gasteiger charge is 2.07. The predicted molar refractivity (Wildman–Crippen MR) is 75.2 cm³/mol. The molecule has 0 aromatic carbocycles. The van der Waals surface area contributed by atoms with Gasteiger partial charge in [-0.15, -0.1) is 0 Å². The van der Waals surface area contributed by atoms with Crippen molar-refractivity contribution in [1.29, 1.82) is 0 Å². The summed E-state index contributed by atoms with van der Waals surface area (Å²) >= 11 is 11.2. The molecule has 0 amide bonds. The Morgan fingerprint density at radius 2 is 2.29 bits per heavy atom. The van der Waals surface area contributed by atoms with Crippen LogP contribution in [0, 0.1) is 0 Å². The zero-order valence-corrected chi connectivity index (χ0v) is 12.0. The predicted octanol–water partition coefficient (Wildman–Crippen LogP) is 2.32. The highest BCUT2D eigenvalue weighted by atomic mass is 35.5. The van der Waals surface area contributed by atoms with Gasteiger partial charge in [0.15, 0.2) is 5.11 Å². The van der Waals surface area contributed by atoms with Crippen molar-refractivity contribution in [3.63, 3.8) is 0 Å². The van der Waals surface area contributed by atoms with Crippen molar-refractivity contribution in [2.24, 2.45) is 0 Å². The van der Waals surface area contributed by atoms with E-state index >= 15 is 0 Å². The third-order valence-corrected chi connectivity index (χ3v) is 3.10. The first-order chi connectivity index (χ1) is 8.06. The molecule has 0 unspecified atom stereocenters. The van der Waals surface area contributed by atoms with Gasteiger partial charge in [0.2, 0.25) is 0 Å². The van der Waals surface area contributed by atoms with Gasteiger partial charge in [-0.3, -0.25) is 4.68 Å². The summed E-state index contributed by atoms with van der Waals surface area (Å²) in [6, 6.07) is 0.374. The Labute approximate surface area is 113 Å². The number of thiocarbonyl (C=S) groups is 1. The Kier molecular flexibility index (Phi) is 5.71. The number of aryl methyl sites for hydroxylation is 1. The molecule has 1 aromatic rings. The van der Waals surface area contributed by atoms with Crippen molar-refractivity contribution in [3.05, 3.63) is 16.9 Å². The molecule has 0 saturated carbocycles. The first kappa shape index (κ1) is 14.3. The van der Waals surface area contributed by atoms with Crippen LogP contribution >= 0.6 is 23.8 Å². The van der Waals surface area contributed by atoms with Crippen molar-refractivity contribution < 1.29 is 0 Å². The standard InChI is InChI=1S/C11H19ClN4S/c1-4-8(3)14-11(17)13-6-10-9(12)7-16(5-2)15-10/h7-8H,4-6H2,1-3H3,(H2,13,14,17)/t8-/m1/s1. The van der Waals surface area contributed by atoms with Crippen LogP contribution in [0.5, 0.6) is 0 Å². The molecule has 0 aliphatic carbocycles. The van der Waals surface area contributed by atoms with E-state index in [1.165, 1.54) is 0 Å². The van der Waals surface area contributed by atoms with E-state index in [2.05, 4.69) is 29.6 Å². The van der Waals surface area contributed by atoms with E-state index in [-0.39, 0.29) is 0 Å². The minimum Gasteiger partial charge on any atom is -0.360 e. The normalized spacial score (nSPS) is 12.2. The second-order valence-corrected chi connectivity index (χ2v) is 4.73. The van der Waals surface area contributed by atoms with E-state index in [4.69, 9.17) is 23.8 Å². The van der Waals surface area contributed by atoms with Gasteiger partial charge in [-0.1, -0.05) is 18.5 Å². The van der Waals surface area contributed by atoms with Crippen LogP contribution in [0.2, 0.25) is 5.02 Å². The largest absolute Gasteiger partial charge is 0.360 e. The number of hydrogen-bond acceptors (Lipinski definition) is 2. The molecule has 96 valence electrons. The zero-order valence-electron chi connectivity index (χ0n) is 10.5. The number of nitrogens with one attached hydrogen (secondary N) is 2. The first-order valence-corrected chi connectivity index (χ1v) is 6.61. The smallest absolute Gasteiger partial charge is 0.166 e. The average molecular weight is 275 g/mol. The number of hydrogen-bond donors (Lipinski definition) is 2. The summed E-state index contributed by atoms with van der Waals surface area (Å²) in [5.74, 6) is 0. The van der Waals surface area contributed by atoms with E-state index < -0.39 is 0 Å². The molecule has 0 radical (unpaired) electrons. The number of nitrogens with zero attached hydrogens (tertiary/aromatic N) is 2. The van der Waals surface area contributed by atoms with E-state index in [9.17, 15) is 0 Å². The fraction of sp³-hybridized carbons (Fsp3) is 0.636. The minimum atomic E-state index is 0.374. The molecular formula is C11H19ClN4S. The van der Waals surface area contributed by atoms with Gasteiger partial charge >= 0.3 is 0 Å². The van der Waals surface area contributed by atoms with Crippen LogP contribution in [-0.2, 0) is 13.1 Å². The summed E-state index contributed by atoms with van der Waals surface area (Å²) in [5, 5.41) is 11.9. The molecule has 1 aromatic heterocycles. The van der Waals surface area contributed by atoms with Crippen LogP contribution in [0.15, 0.2) is 6.20 Å². The third kappa shape index (κ3) is 4.52. The molecule has 2 N–H and O–H groups in total. The lowest BCUT2D eigenvalue weighted by Crippen LogP contribution is -2.39. The maximum Gasteiger partial charge on any atom is 0.166 e. The molecule has 6 heteroatoms. The first-order valence-electron chi connectivity index (χ1n) is 5.83. The monoisotopic (exact) mass is 274 g/mol. The lowest BCUT2D eigenvalue weighted by atomic mass is 10.3. The molecule has 0 fully saturated rings. The summed E-state index contributed by atoms with van der Waals surface area (Å²) in [4.78, 5) is 0. The quantitative estimate of drug-likeness (QED) is 0.809. The van der Waals surface area contributed by atoms with Crippen molar-refractivity contribution in [2.45, 2.75) is 46.3 Å². The van der Waals surface area contributed by atoms with Gasteiger partial charge in [-0.2, -0.15) is 5.10 Å². The van der Waals surface area contributed by atoms with Gasteiger partial charge in [0.1, 0.15) is 5.69 Å². The SMILES string of the molecule is CC[C@@H](C)NC(=S)NCc1nn(CC)cc1Cl. The highest BCUT2D eigenvalue weighted by molar-refractivity contribution is 7.80. The summed E-state index contributed by atoms with van der Waals surface area (Å²) in [7, 11) is 0. The maximum atomic E-state index is 6.05. The van der Waals surface area contributed by atoms with Crippen molar-refractivity contribution >= 4 is 28.9 Å². The van der Waals surface area contributed by atoms with Crippen LogP contribution in [0.1, 0.15) is 32.9 Å². The van der Waals surface area contributed by atoms with Gasteiger partial charge in [0.25, 0.3) is 0 Å². The fourth-order valence-electron chi connectivity index (χ4n) is 1.26. The van der Waals surface area contributed by atoms with Gasteiger partial charge in [-0.05, 0) is 32.5 Å². The fourth-order valence-corrected chi connectivity index (χ4v) is 1.75. The molecule has 0 spiro atoms. The lowest BCUT2D eigenvalue weighted by molar-refractivity contribution is 0.623. The second kappa shape index (κ2) is 6.81. The summed E-state index contributed by atoms with van der Waals surface area (Å²) in [6.07, 6.45) is 2.86. The molecule has 0 saturated heterocycles. The number of halogens is 1. The maximum absolute atomic E-state index is 6.05. The second-order valence-electron chi connectivity index (χ2n) is 3.92. The number of aromatic nitrogens is 2. The minimum absolute atomic E-state index is 0.374. The van der Waals surface area contributed by atoms with Crippen molar-refractivity contribution in [1.82, 2.24) is 20.4 Å². The average Bonchev–Trinajstić information content (AvgIpc) is 2.67. The summed E-state index contributed by atoms with van der Waals surface area (Å²) < 4.78 is 1.81. The third-order valence-electron chi connectivity index (χ3n) is 2.52. The van der Waals surface area contributed by atoms with Gasteiger partial charge in [-0.25, -0.2) is 0 Å². The molecule has 0 bridgehead atoms. The summed E-state index contributed by atoms with van der Waals surface area (Å²) in [5.41, 5.74) is 0.821. The Morgan fingerprint density at radius 3 is 2.82 bits per heavy atom. The van der Waals surface area contributed by atoms with Gasteiger partial charge < -0.3 is 10.6 Å². The lowest BCUT2D eigenvalue weighted by Gasteiger charge is -2.14. The van der Waals surface area contributed by atoms with E-state index in [0.29, 0.717) is 22.7 Å². The molecule has 1 heterocycles. The van der Waals surface area contributed by atoms with Crippen LogP contribution in [0.3, 0.4) is 0 Å². The van der Waals surface area contributed by atoms with Gasteiger partial charge in [0.05, 0.1) is 11.6 Å². The van der Waals surface area contributed by atoms with Gasteiger partial charge in [0, 0.05) is 18.8 Å². The van der Waals surface area contributed by atoms with Crippen LogP contribution in [0.4, 0.5) is 0 Å². The molecule has 1 rings (SSSR count). The molecule has 1 atom stereocenters. The molecule has 0 aliphatic rings. The van der Waals surface area contributed by atoms with E-state index in [0.717, 1.165) is 18.7 Å². The topological polar surface area (TPSA) is 41.9 Å². The Morgan fingerprint density at radius 1 is 1.59 bits per heavy atom. The van der Waals surface area contributed by atoms with Crippen LogP contribution in [-0.4, -0.2) is 20.9 Å². The van der Waals surface area contributed by atoms with Crippen molar-refractivity contribution in [2.75, 3.05) is 0 Å². The Balaban J connectivity index is 2.44. The Bertz CT molecular complexity index is 378. The van der Waals surface area contributed by atoms with Crippen LogP contribution < -0.4 is 10.6 Å². The summed E-state index contributed by atoms with van der Waals surface area (Å²) in [6.45, 7) is 7.59. The van der Waals surface area contributed by atoms with Crippen LogP contribution in [0.25, 0.3) is 0 Å². The molecule has 4 nitrogen and oxygen atoms in total. The Hall–Kier alpha value is -0.810. The van der Waals surface area contributed by atoms with Crippen molar-refractivity contribution in [3.8, 4) is 0 Å². The molecule has 0 aliphatic heterocycles. The highest BCUT2D eigenvalue weighted by Crippen LogP contribution is 2.13. The van der Waals surface area contributed by atoms with E-state index in [1.54, 1.807) is 0 Å².